The van der Waals surface area contributed by atoms with E-state index in [1.54, 1.807) is 23.1 Å². The molecule has 1 saturated heterocycles. The van der Waals surface area contributed by atoms with E-state index >= 15 is 0 Å². The van der Waals surface area contributed by atoms with Crippen molar-refractivity contribution >= 4 is 34.2 Å². The Morgan fingerprint density at radius 1 is 1.39 bits per heavy atom. The number of primary amides is 1. The van der Waals surface area contributed by atoms with Crippen molar-refractivity contribution in [3.8, 4) is 0 Å². The van der Waals surface area contributed by atoms with Crippen LogP contribution in [-0.4, -0.2) is 29.0 Å². The van der Waals surface area contributed by atoms with E-state index in [-0.39, 0.29) is 11.8 Å². The Labute approximate surface area is 136 Å². The lowest BCUT2D eigenvalue weighted by Crippen LogP contribution is -2.29. The van der Waals surface area contributed by atoms with Crippen LogP contribution in [0.4, 0.5) is 14.6 Å². The maximum atomic E-state index is 13.1. The van der Waals surface area contributed by atoms with Crippen molar-refractivity contribution in [3.05, 3.63) is 29.0 Å². The van der Waals surface area contributed by atoms with E-state index in [1.807, 2.05) is 6.92 Å². The number of benzene rings is 1. The topological polar surface area (TPSA) is 72.1 Å². The Bertz CT molecular complexity index is 770. The van der Waals surface area contributed by atoms with Gasteiger partial charge in [0.2, 0.25) is 5.91 Å². The van der Waals surface area contributed by atoms with E-state index < -0.39 is 18.2 Å². The molecule has 2 aromatic rings. The average molecular weight is 341 g/mol. The molecule has 8 heteroatoms. The Morgan fingerprint density at radius 3 is 2.74 bits per heavy atom. The van der Waals surface area contributed by atoms with Crippen LogP contribution in [0.2, 0.25) is 5.02 Å². The standard InChI is InChI=1S/C15H15ClF2N4O/c1-7-5-22(6-10(7)13(19)23)15-9-4-8(16)2-3-11(9)20-14(21-15)12(17)18/h2-4,7,10,12H,5-6H2,1H3,(H2,19,23)/t7-,10-/m1/s1. The molecule has 0 saturated carbocycles. The number of hydrogen-bond acceptors (Lipinski definition) is 4. The summed E-state index contributed by atoms with van der Waals surface area (Å²) in [5.74, 6) is -0.889. The molecule has 0 radical (unpaired) electrons. The highest BCUT2D eigenvalue weighted by molar-refractivity contribution is 6.31. The zero-order valence-electron chi connectivity index (χ0n) is 12.3. The molecule has 0 aliphatic carbocycles. The van der Waals surface area contributed by atoms with Crippen LogP contribution in [0, 0.1) is 11.8 Å². The molecule has 1 amide bonds. The van der Waals surface area contributed by atoms with E-state index in [9.17, 15) is 13.6 Å². The third-order valence-corrected chi connectivity index (χ3v) is 4.36. The summed E-state index contributed by atoms with van der Waals surface area (Å²) < 4.78 is 26.2. The number of nitrogens with zero attached hydrogens (tertiary/aromatic N) is 3. The van der Waals surface area contributed by atoms with E-state index in [2.05, 4.69) is 9.97 Å². The molecule has 2 N–H and O–H groups in total. The van der Waals surface area contributed by atoms with Crippen LogP contribution in [0.1, 0.15) is 19.2 Å². The summed E-state index contributed by atoms with van der Waals surface area (Å²) in [7, 11) is 0. The first-order valence-electron chi connectivity index (χ1n) is 7.16. The fraction of sp³-hybridized carbons (Fsp3) is 0.400. The van der Waals surface area contributed by atoms with Gasteiger partial charge in [0.1, 0.15) is 5.82 Å². The Kier molecular flexibility index (Phi) is 4.06. The van der Waals surface area contributed by atoms with E-state index in [0.29, 0.717) is 34.8 Å². The molecule has 1 fully saturated rings. The van der Waals surface area contributed by atoms with Crippen molar-refractivity contribution in [2.24, 2.45) is 17.6 Å². The van der Waals surface area contributed by atoms with Crippen LogP contribution in [0.25, 0.3) is 10.9 Å². The zero-order chi connectivity index (χ0) is 16.7. The lowest BCUT2D eigenvalue weighted by Gasteiger charge is -2.20. The van der Waals surface area contributed by atoms with Crippen molar-refractivity contribution in [1.82, 2.24) is 9.97 Å². The molecule has 1 aromatic heterocycles. The lowest BCUT2D eigenvalue weighted by molar-refractivity contribution is -0.122. The maximum Gasteiger partial charge on any atom is 0.297 e. The largest absolute Gasteiger partial charge is 0.369 e. The van der Waals surface area contributed by atoms with Crippen LogP contribution in [0.5, 0.6) is 0 Å². The molecular weight excluding hydrogens is 326 g/mol. The first kappa shape index (κ1) is 15.9. The van der Waals surface area contributed by atoms with Gasteiger partial charge in [-0.25, -0.2) is 18.7 Å². The molecule has 122 valence electrons. The highest BCUT2D eigenvalue weighted by Crippen LogP contribution is 2.33. The summed E-state index contributed by atoms with van der Waals surface area (Å²) in [4.78, 5) is 21.2. The minimum absolute atomic E-state index is 0.0201. The number of amides is 1. The first-order valence-corrected chi connectivity index (χ1v) is 7.54. The van der Waals surface area contributed by atoms with Gasteiger partial charge in [-0.1, -0.05) is 18.5 Å². The predicted molar refractivity (Wildman–Crippen MR) is 83.6 cm³/mol. The number of alkyl halides is 2. The summed E-state index contributed by atoms with van der Waals surface area (Å²) in [6.07, 6.45) is -2.78. The predicted octanol–water partition coefficient (Wildman–Crippen LogP) is 2.78. The second-order valence-corrected chi connectivity index (χ2v) is 6.20. The van der Waals surface area contributed by atoms with Crippen molar-refractivity contribution in [2.75, 3.05) is 18.0 Å². The lowest BCUT2D eigenvalue weighted by atomic mass is 9.98. The van der Waals surface area contributed by atoms with E-state index in [1.165, 1.54) is 0 Å². The third-order valence-electron chi connectivity index (χ3n) is 4.13. The highest BCUT2D eigenvalue weighted by Gasteiger charge is 2.35. The number of carbonyl (C=O) groups excluding carboxylic acids is 1. The molecule has 23 heavy (non-hydrogen) atoms. The fourth-order valence-electron chi connectivity index (χ4n) is 2.95. The Morgan fingerprint density at radius 2 is 2.13 bits per heavy atom. The Balaban J connectivity index is 2.12. The molecule has 1 aliphatic rings. The van der Waals surface area contributed by atoms with Crippen LogP contribution in [0.15, 0.2) is 18.2 Å². The average Bonchev–Trinajstić information content (AvgIpc) is 2.88. The zero-order valence-corrected chi connectivity index (χ0v) is 13.1. The van der Waals surface area contributed by atoms with Crippen LogP contribution >= 0.6 is 11.6 Å². The van der Waals surface area contributed by atoms with Gasteiger partial charge in [0, 0.05) is 23.5 Å². The second kappa shape index (κ2) is 5.88. The smallest absolute Gasteiger partial charge is 0.297 e. The highest BCUT2D eigenvalue weighted by atomic mass is 35.5. The SMILES string of the molecule is C[C@@H]1CN(c2nc(C(F)F)nc3ccc(Cl)cc23)C[C@H]1C(N)=O. The summed E-state index contributed by atoms with van der Waals surface area (Å²) >= 11 is 6.01. The maximum absolute atomic E-state index is 13.1. The molecule has 3 rings (SSSR count). The fourth-order valence-corrected chi connectivity index (χ4v) is 3.12. The molecule has 1 aliphatic heterocycles. The number of nitrogens with two attached hydrogens (primary N) is 1. The summed E-state index contributed by atoms with van der Waals surface area (Å²) in [5.41, 5.74) is 5.80. The summed E-state index contributed by atoms with van der Waals surface area (Å²) in [6, 6.07) is 4.82. The molecule has 0 unspecified atom stereocenters. The molecule has 0 bridgehead atoms. The molecule has 2 atom stereocenters. The monoisotopic (exact) mass is 340 g/mol. The van der Waals surface area contributed by atoms with Gasteiger partial charge in [-0.3, -0.25) is 4.79 Å². The number of fused-ring (bicyclic) bond motifs is 1. The quantitative estimate of drug-likeness (QED) is 0.932. The minimum Gasteiger partial charge on any atom is -0.369 e. The normalized spacial score (nSPS) is 21.3. The number of halogens is 3. The van der Waals surface area contributed by atoms with Gasteiger partial charge in [0.25, 0.3) is 6.43 Å². The number of carbonyl (C=O) groups is 1. The van der Waals surface area contributed by atoms with Crippen LogP contribution in [0.3, 0.4) is 0 Å². The van der Waals surface area contributed by atoms with Crippen LogP contribution < -0.4 is 10.6 Å². The van der Waals surface area contributed by atoms with E-state index in [0.717, 1.165) is 0 Å². The van der Waals surface area contributed by atoms with Gasteiger partial charge in [0.05, 0.1) is 11.4 Å². The van der Waals surface area contributed by atoms with Gasteiger partial charge in [0.15, 0.2) is 5.82 Å². The third kappa shape index (κ3) is 2.93. The van der Waals surface area contributed by atoms with Gasteiger partial charge in [-0.05, 0) is 24.1 Å². The molecule has 0 spiro atoms. The van der Waals surface area contributed by atoms with Crippen LogP contribution in [-0.2, 0) is 4.79 Å². The van der Waals surface area contributed by atoms with Gasteiger partial charge in [-0.2, -0.15) is 0 Å². The molecule has 5 nitrogen and oxygen atoms in total. The number of aromatic nitrogens is 2. The number of hydrogen-bond donors (Lipinski definition) is 1. The molecule has 1 aromatic carbocycles. The van der Waals surface area contributed by atoms with E-state index in [4.69, 9.17) is 17.3 Å². The summed E-state index contributed by atoms with van der Waals surface area (Å²) in [6.45, 7) is 2.76. The molecular formula is C15H15ClF2N4O. The van der Waals surface area contributed by atoms with Gasteiger partial charge < -0.3 is 10.6 Å². The number of rotatable bonds is 3. The van der Waals surface area contributed by atoms with Gasteiger partial charge >= 0.3 is 0 Å². The van der Waals surface area contributed by atoms with Crippen molar-refractivity contribution in [3.63, 3.8) is 0 Å². The van der Waals surface area contributed by atoms with Crippen molar-refractivity contribution < 1.29 is 13.6 Å². The Hall–Kier alpha value is -2.02. The first-order chi connectivity index (χ1) is 10.9. The minimum atomic E-state index is -2.78. The second-order valence-electron chi connectivity index (χ2n) is 5.76. The summed E-state index contributed by atoms with van der Waals surface area (Å²) in [5, 5.41) is 1.05. The van der Waals surface area contributed by atoms with Crippen molar-refractivity contribution in [2.45, 2.75) is 13.3 Å². The van der Waals surface area contributed by atoms with Crippen molar-refractivity contribution in [1.29, 1.82) is 0 Å². The molecule has 2 heterocycles. The number of anilines is 1. The van der Waals surface area contributed by atoms with Gasteiger partial charge in [-0.15, -0.1) is 0 Å².